The summed E-state index contributed by atoms with van der Waals surface area (Å²) < 4.78 is 32.8. The first kappa shape index (κ1) is 15.3. The summed E-state index contributed by atoms with van der Waals surface area (Å²) >= 11 is 0. The van der Waals surface area contributed by atoms with E-state index >= 15 is 0 Å². The van der Waals surface area contributed by atoms with Gasteiger partial charge in [0.1, 0.15) is 5.75 Å². The summed E-state index contributed by atoms with van der Waals surface area (Å²) in [6, 6.07) is 4.79. The molecule has 3 N–H and O–H groups in total. The molecular weight excluding hydrogens is 276 g/mol. The fourth-order valence-electron chi connectivity index (χ4n) is 2.29. The number of sulfonamides is 1. The lowest BCUT2D eigenvalue weighted by molar-refractivity contribution is 0.356. The molecule has 1 aliphatic heterocycles. The predicted octanol–water partition coefficient (Wildman–Crippen LogP) is 1.42. The molecule has 20 heavy (non-hydrogen) atoms. The van der Waals surface area contributed by atoms with E-state index in [0.717, 1.165) is 37.0 Å². The van der Waals surface area contributed by atoms with Gasteiger partial charge in [0.2, 0.25) is 10.0 Å². The third kappa shape index (κ3) is 3.50. The summed E-state index contributed by atoms with van der Waals surface area (Å²) in [6.45, 7) is 3.00. The molecule has 0 amide bonds. The second-order valence-corrected chi connectivity index (χ2v) is 6.78. The van der Waals surface area contributed by atoms with E-state index in [1.807, 2.05) is 0 Å². The summed E-state index contributed by atoms with van der Waals surface area (Å²) in [7, 11) is -3.51. The van der Waals surface area contributed by atoms with Gasteiger partial charge >= 0.3 is 0 Å². The molecule has 1 atom stereocenters. The zero-order valence-corrected chi connectivity index (χ0v) is 12.6. The summed E-state index contributed by atoms with van der Waals surface area (Å²) in [4.78, 5) is 0.289. The highest BCUT2D eigenvalue weighted by Gasteiger charge is 2.21. The quantitative estimate of drug-likeness (QED) is 0.797. The van der Waals surface area contributed by atoms with E-state index in [4.69, 9.17) is 10.5 Å². The van der Waals surface area contributed by atoms with Gasteiger partial charge in [-0.1, -0.05) is 19.8 Å². The Balaban J connectivity index is 2.13. The van der Waals surface area contributed by atoms with Crippen LogP contribution >= 0.6 is 0 Å². The molecule has 2 rings (SSSR count). The first-order valence-electron chi connectivity index (χ1n) is 7.05. The monoisotopic (exact) mass is 298 g/mol. The number of hydrogen-bond acceptors (Lipinski definition) is 4. The van der Waals surface area contributed by atoms with Crippen molar-refractivity contribution < 1.29 is 13.2 Å². The van der Waals surface area contributed by atoms with E-state index in [-0.39, 0.29) is 10.9 Å². The minimum atomic E-state index is -3.51. The predicted molar refractivity (Wildman–Crippen MR) is 78.3 cm³/mol. The number of ether oxygens (including phenoxy) is 1. The van der Waals surface area contributed by atoms with Crippen LogP contribution in [0.25, 0.3) is 0 Å². The smallest absolute Gasteiger partial charge is 0.240 e. The van der Waals surface area contributed by atoms with Gasteiger partial charge in [-0.2, -0.15) is 0 Å². The second kappa shape index (κ2) is 6.56. The molecule has 0 saturated carbocycles. The van der Waals surface area contributed by atoms with Crippen LogP contribution in [0.1, 0.15) is 31.7 Å². The fraction of sp³-hybridized carbons (Fsp3) is 0.571. The van der Waals surface area contributed by atoms with Gasteiger partial charge in [-0.05, 0) is 30.2 Å². The molecule has 0 spiro atoms. The van der Waals surface area contributed by atoms with E-state index in [2.05, 4.69) is 11.6 Å². The first-order valence-corrected chi connectivity index (χ1v) is 8.53. The molecule has 0 fully saturated rings. The maximum absolute atomic E-state index is 12.4. The first-order chi connectivity index (χ1) is 9.56. The standard InChI is InChI=1S/C14H22N2O3S/c1-2-3-4-12(10-15)16-20(17,18)13-5-6-14-11(9-13)7-8-19-14/h5-6,9,12,16H,2-4,7-8,10,15H2,1H3. The number of rotatable bonds is 7. The zero-order chi connectivity index (χ0) is 14.6. The molecule has 0 aromatic heterocycles. The molecule has 1 aromatic rings. The number of hydrogen-bond donors (Lipinski definition) is 2. The van der Waals surface area contributed by atoms with Crippen LogP contribution in [-0.4, -0.2) is 27.6 Å². The largest absolute Gasteiger partial charge is 0.493 e. The van der Waals surface area contributed by atoms with Gasteiger partial charge in [-0.25, -0.2) is 13.1 Å². The number of fused-ring (bicyclic) bond motifs is 1. The maximum atomic E-state index is 12.4. The Bertz CT molecular complexity index is 558. The number of nitrogens with one attached hydrogen (secondary N) is 1. The molecule has 112 valence electrons. The van der Waals surface area contributed by atoms with Crippen LogP contribution in [0.3, 0.4) is 0 Å². The SMILES string of the molecule is CCCCC(CN)NS(=O)(=O)c1ccc2c(c1)CCO2. The Kier molecular flexibility index (Phi) is 5.01. The zero-order valence-electron chi connectivity index (χ0n) is 11.8. The maximum Gasteiger partial charge on any atom is 0.240 e. The Morgan fingerprint density at radius 1 is 1.45 bits per heavy atom. The summed E-state index contributed by atoms with van der Waals surface area (Å²) in [5.74, 6) is 0.783. The number of nitrogens with two attached hydrogens (primary N) is 1. The van der Waals surface area contributed by atoms with Crippen LogP contribution in [0.15, 0.2) is 23.1 Å². The van der Waals surface area contributed by atoms with Crippen molar-refractivity contribution in [1.29, 1.82) is 0 Å². The molecule has 0 radical (unpaired) electrons. The molecule has 1 aromatic carbocycles. The van der Waals surface area contributed by atoms with Gasteiger partial charge in [0.05, 0.1) is 11.5 Å². The molecule has 1 aliphatic rings. The fourth-order valence-corrected chi connectivity index (χ4v) is 3.63. The van der Waals surface area contributed by atoms with Crippen LogP contribution < -0.4 is 15.2 Å². The Labute approximate surface area is 120 Å². The van der Waals surface area contributed by atoms with Gasteiger partial charge in [0.25, 0.3) is 0 Å². The van der Waals surface area contributed by atoms with Crippen molar-refractivity contribution in [2.75, 3.05) is 13.2 Å². The molecule has 1 unspecified atom stereocenters. The summed E-state index contributed by atoms with van der Waals surface area (Å²) in [5.41, 5.74) is 6.59. The van der Waals surface area contributed by atoms with Crippen LogP contribution in [0.2, 0.25) is 0 Å². The normalized spacial score (nSPS) is 15.7. The second-order valence-electron chi connectivity index (χ2n) is 5.06. The van der Waals surface area contributed by atoms with Gasteiger partial charge in [-0.15, -0.1) is 0 Å². The van der Waals surface area contributed by atoms with Crippen molar-refractivity contribution in [2.45, 2.75) is 43.5 Å². The lowest BCUT2D eigenvalue weighted by Crippen LogP contribution is -2.40. The van der Waals surface area contributed by atoms with Crippen molar-refractivity contribution in [3.63, 3.8) is 0 Å². The Morgan fingerprint density at radius 3 is 2.95 bits per heavy atom. The topological polar surface area (TPSA) is 81.4 Å². The highest BCUT2D eigenvalue weighted by atomic mass is 32.2. The molecule has 1 heterocycles. The van der Waals surface area contributed by atoms with E-state index in [1.165, 1.54) is 0 Å². The molecule has 0 saturated heterocycles. The molecular formula is C14H22N2O3S. The molecule has 0 bridgehead atoms. The minimum Gasteiger partial charge on any atom is -0.493 e. The number of unbranched alkanes of at least 4 members (excludes halogenated alkanes) is 1. The Hall–Kier alpha value is -1.11. The molecule has 0 aliphatic carbocycles. The van der Waals surface area contributed by atoms with Gasteiger partial charge in [0, 0.05) is 19.0 Å². The van der Waals surface area contributed by atoms with Crippen LogP contribution in [0.4, 0.5) is 0 Å². The van der Waals surface area contributed by atoms with Gasteiger partial charge < -0.3 is 10.5 Å². The third-order valence-electron chi connectivity index (χ3n) is 3.48. The number of benzene rings is 1. The average molecular weight is 298 g/mol. The van der Waals surface area contributed by atoms with Crippen molar-refractivity contribution in [1.82, 2.24) is 4.72 Å². The van der Waals surface area contributed by atoms with E-state index < -0.39 is 10.0 Å². The highest BCUT2D eigenvalue weighted by molar-refractivity contribution is 7.89. The van der Waals surface area contributed by atoms with Crippen molar-refractivity contribution in [3.8, 4) is 5.75 Å². The average Bonchev–Trinajstić information content (AvgIpc) is 2.90. The van der Waals surface area contributed by atoms with E-state index in [9.17, 15) is 8.42 Å². The van der Waals surface area contributed by atoms with Gasteiger partial charge in [0.15, 0.2) is 0 Å². The lowest BCUT2D eigenvalue weighted by Gasteiger charge is -2.17. The Morgan fingerprint density at radius 2 is 2.25 bits per heavy atom. The minimum absolute atomic E-state index is 0.204. The highest BCUT2D eigenvalue weighted by Crippen LogP contribution is 2.27. The summed E-state index contributed by atoms with van der Waals surface area (Å²) in [6.07, 6.45) is 3.51. The lowest BCUT2D eigenvalue weighted by atomic mass is 10.1. The van der Waals surface area contributed by atoms with Crippen molar-refractivity contribution in [3.05, 3.63) is 23.8 Å². The van der Waals surface area contributed by atoms with Crippen molar-refractivity contribution >= 4 is 10.0 Å². The van der Waals surface area contributed by atoms with Gasteiger partial charge in [-0.3, -0.25) is 0 Å². The van der Waals surface area contributed by atoms with Crippen LogP contribution in [0, 0.1) is 0 Å². The van der Waals surface area contributed by atoms with E-state index in [1.54, 1.807) is 18.2 Å². The molecule has 6 heteroatoms. The molecule has 5 nitrogen and oxygen atoms in total. The van der Waals surface area contributed by atoms with Crippen molar-refractivity contribution in [2.24, 2.45) is 5.73 Å². The van der Waals surface area contributed by atoms with E-state index in [0.29, 0.717) is 13.2 Å². The third-order valence-corrected chi connectivity index (χ3v) is 5.00. The van der Waals surface area contributed by atoms with Crippen LogP contribution in [0.5, 0.6) is 5.75 Å². The summed E-state index contributed by atoms with van der Waals surface area (Å²) in [5, 5.41) is 0. The van der Waals surface area contributed by atoms with Crippen LogP contribution in [-0.2, 0) is 16.4 Å².